The number of aryl methyl sites for hydroxylation is 1. The van der Waals surface area contributed by atoms with Crippen molar-refractivity contribution in [2.45, 2.75) is 26.7 Å². The number of esters is 1. The number of benzene rings is 1. The number of para-hydroxylation sites is 1. The molecule has 0 spiro atoms. The second-order valence-electron chi connectivity index (χ2n) is 3.31. The van der Waals surface area contributed by atoms with Crippen molar-refractivity contribution in [3.63, 3.8) is 0 Å². The molecule has 0 aliphatic heterocycles. The zero-order chi connectivity index (χ0) is 11.3. The summed E-state index contributed by atoms with van der Waals surface area (Å²) in [6, 6.07) is 7.55. The van der Waals surface area contributed by atoms with Gasteiger partial charge in [-0.25, -0.2) is 4.79 Å². The summed E-state index contributed by atoms with van der Waals surface area (Å²) >= 11 is 0. The van der Waals surface area contributed by atoms with E-state index in [1.807, 2.05) is 32.0 Å². The van der Waals surface area contributed by atoms with Crippen LogP contribution in [-0.2, 0) is 11.2 Å². The molecular formula is C13H16O2. The molecule has 1 rings (SSSR count). The van der Waals surface area contributed by atoms with E-state index in [1.165, 1.54) is 0 Å². The van der Waals surface area contributed by atoms with E-state index in [0.717, 1.165) is 12.0 Å². The van der Waals surface area contributed by atoms with Crippen LogP contribution in [0.5, 0.6) is 5.75 Å². The molecule has 0 aromatic heterocycles. The van der Waals surface area contributed by atoms with Gasteiger partial charge >= 0.3 is 5.97 Å². The number of carbonyl (C=O) groups is 1. The van der Waals surface area contributed by atoms with Crippen LogP contribution in [-0.4, -0.2) is 5.97 Å². The molecule has 0 unspecified atom stereocenters. The van der Waals surface area contributed by atoms with E-state index in [9.17, 15) is 4.79 Å². The monoisotopic (exact) mass is 204 g/mol. The summed E-state index contributed by atoms with van der Waals surface area (Å²) in [6.45, 7) is 7.56. The highest BCUT2D eigenvalue weighted by Crippen LogP contribution is 2.19. The van der Waals surface area contributed by atoms with E-state index in [2.05, 4.69) is 6.58 Å². The third-order valence-corrected chi connectivity index (χ3v) is 2.27. The van der Waals surface area contributed by atoms with Crippen LogP contribution in [0.15, 0.2) is 36.4 Å². The summed E-state index contributed by atoms with van der Waals surface area (Å²) in [5.41, 5.74) is 1.54. The van der Waals surface area contributed by atoms with Crippen molar-refractivity contribution in [2.75, 3.05) is 0 Å². The molecule has 0 heterocycles. The molecule has 2 nitrogen and oxygen atoms in total. The third-order valence-electron chi connectivity index (χ3n) is 2.27. The van der Waals surface area contributed by atoms with Gasteiger partial charge in [0.2, 0.25) is 0 Å². The fourth-order valence-corrected chi connectivity index (χ4v) is 1.21. The first-order valence-electron chi connectivity index (χ1n) is 5.16. The molecule has 0 aliphatic carbocycles. The molecule has 2 heteroatoms. The van der Waals surface area contributed by atoms with Gasteiger partial charge in [0, 0.05) is 5.57 Å². The lowest BCUT2D eigenvalue weighted by molar-refractivity contribution is -0.130. The van der Waals surface area contributed by atoms with Crippen LogP contribution in [0.25, 0.3) is 0 Å². The van der Waals surface area contributed by atoms with E-state index in [1.54, 1.807) is 6.07 Å². The fourth-order valence-electron chi connectivity index (χ4n) is 1.21. The lowest BCUT2D eigenvalue weighted by Crippen LogP contribution is -2.10. The molecule has 0 saturated carbocycles. The van der Waals surface area contributed by atoms with Crippen LogP contribution in [0.3, 0.4) is 0 Å². The summed E-state index contributed by atoms with van der Waals surface area (Å²) in [4.78, 5) is 11.5. The van der Waals surface area contributed by atoms with E-state index in [-0.39, 0.29) is 5.97 Å². The highest BCUT2D eigenvalue weighted by Gasteiger charge is 2.09. The van der Waals surface area contributed by atoms with E-state index in [0.29, 0.717) is 17.7 Å². The quantitative estimate of drug-likeness (QED) is 0.428. The summed E-state index contributed by atoms with van der Waals surface area (Å²) < 4.78 is 5.25. The Kier molecular flexibility index (Phi) is 4.10. The summed E-state index contributed by atoms with van der Waals surface area (Å²) in [5.74, 6) is 0.304. The van der Waals surface area contributed by atoms with Crippen molar-refractivity contribution in [3.8, 4) is 5.75 Å². The third kappa shape index (κ3) is 2.94. The summed E-state index contributed by atoms with van der Waals surface area (Å²) in [6.07, 6.45) is 1.47. The Labute approximate surface area is 90.6 Å². The lowest BCUT2D eigenvalue weighted by atomic mass is 10.1. The van der Waals surface area contributed by atoms with Gasteiger partial charge in [0.1, 0.15) is 5.75 Å². The molecule has 1 aromatic rings. The average molecular weight is 204 g/mol. The zero-order valence-electron chi connectivity index (χ0n) is 9.25. The topological polar surface area (TPSA) is 26.3 Å². The normalized spacial score (nSPS) is 9.73. The van der Waals surface area contributed by atoms with E-state index >= 15 is 0 Å². The first-order valence-corrected chi connectivity index (χ1v) is 5.16. The molecule has 80 valence electrons. The Hall–Kier alpha value is -1.57. The van der Waals surface area contributed by atoms with Crippen molar-refractivity contribution in [1.29, 1.82) is 0 Å². The Morgan fingerprint density at radius 3 is 2.60 bits per heavy atom. The maximum atomic E-state index is 11.5. The molecule has 0 atom stereocenters. The van der Waals surface area contributed by atoms with Crippen molar-refractivity contribution >= 4 is 5.97 Å². The fraction of sp³-hybridized carbons (Fsp3) is 0.308. The molecule has 0 N–H and O–H groups in total. The molecule has 0 aliphatic rings. The van der Waals surface area contributed by atoms with Gasteiger partial charge in [-0.1, -0.05) is 38.6 Å². The average Bonchev–Trinajstić information content (AvgIpc) is 2.28. The molecule has 1 aromatic carbocycles. The van der Waals surface area contributed by atoms with Gasteiger partial charge in [-0.15, -0.1) is 0 Å². The van der Waals surface area contributed by atoms with E-state index in [4.69, 9.17) is 4.74 Å². The molecule has 0 amide bonds. The van der Waals surface area contributed by atoms with Gasteiger partial charge in [-0.3, -0.25) is 0 Å². The van der Waals surface area contributed by atoms with Gasteiger partial charge < -0.3 is 4.74 Å². The van der Waals surface area contributed by atoms with Gasteiger partial charge in [0.15, 0.2) is 0 Å². The van der Waals surface area contributed by atoms with Crippen LogP contribution in [0, 0.1) is 0 Å². The number of rotatable bonds is 4. The standard InChI is InChI=1S/C13H16O2/c1-4-10(3)13(14)15-12-9-7-6-8-11(12)5-2/h6-9H,3-5H2,1-2H3. The molecule has 15 heavy (non-hydrogen) atoms. The molecule has 0 fully saturated rings. The van der Waals surface area contributed by atoms with E-state index < -0.39 is 0 Å². The Balaban J connectivity index is 2.80. The van der Waals surface area contributed by atoms with Crippen molar-refractivity contribution in [1.82, 2.24) is 0 Å². The van der Waals surface area contributed by atoms with Crippen molar-refractivity contribution in [2.24, 2.45) is 0 Å². The molecule has 0 radical (unpaired) electrons. The number of hydrogen-bond acceptors (Lipinski definition) is 2. The van der Waals surface area contributed by atoms with Crippen molar-refractivity contribution in [3.05, 3.63) is 42.0 Å². The number of ether oxygens (including phenoxy) is 1. The van der Waals surface area contributed by atoms with Gasteiger partial charge in [-0.05, 0) is 24.5 Å². The largest absolute Gasteiger partial charge is 0.423 e. The zero-order valence-corrected chi connectivity index (χ0v) is 9.25. The minimum atomic E-state index is -0.335. The molecule has 0 bridgehead atoms. The number of hydrogen-bond donors (Lipinski definition) is 0. The van der Waals surface area contributed by atoms with Crippen molar-refractivity contribution < 1.29 is 9.53 Å². The Bertz CT molecular complexity index is 367. The predicted octanol–water partition coefficient (Wildman–Crippen LogP) is 3.12. The Morgan fingerprint density at radius 1 is 1.33 bits per heavy atom. The summed E-state index contributed by atoms with van der Waals surface area (Å²) in [5, 5.41) is 0. The van der Waals surface area contributed by atoms with Gasteiger partial charge in [-0.2, -0.15) is 0 Å². The lowest BCUT2D eigenvalue weighted by Gasteiger charge is -2.08. The van der Waals surface area contributed by atoms with Crippen LogP contribution < -0.4 is 4.74 Å². The van der Waals surface area contributed by atoms with Gasteiger partial charge in [0.25, 0.3) is 0 Å². The maximum absolute atomic E-state index is 11.5. The highest BCUT2D eigenvalue weighted by atomic mass is 16.5. The summed E-state index contributed by atoms with van der Waals surface area (Å²) in [7, 11) is 0. The molecular weight excluding hydrogens is 188 g/mol. The number of carbonyl (C=O) groups excluding carboxylic acids is 1. The second kappa shape index (κ2) is 5.35. The van der Waals surface area contributed by atoms with Gasteiger partial charge in [0.05, 0.1) is 0 Å². The smallest absolute Gasteiger partial charge is 0.338 e. The minimum Gasteiger partial charge on any atom is -0.423 e. The minimum absolute atomic E-state index is 0.335. The first-order chi connectivity index (χ1) is 7.19. The van der Waals surface area contributed by atoms with Crippen LogP contribution in [0.2, 0.25) is 0 Å². The SMILES string of the molecule is C=C(CC)C(=O)Oc1ccccc1CC. The maximum Gasteiger partial charge on any atom is 0.338 e. The van der Waals surface area contributed by atoms with Crippen LogP contribution in [0.1, 0.15) is 25.8 Å². The predicted molar refractivity (Wildman–Crippen MR) is 60.9 cm³/mol. The Morgan fingerprint density at radius 2 is 2.00 bits per heavy atom. The van der Waals surface area contributed by atoms with Crippen LogP contribution in [0.4, 0.5) is 0 Å². The second-order valence-corrected chi connectivity index (χ2v) is 3.31. The molecule has 0 saturated heterocycles. The highest BCUT2D eigenvalue weighted by molar-refractivity contribution is 5.89. The van der Waals surface area contributed by atoms with Crippen LogP contribution >= 0.6 is 0 Å². The first kappa shape index (κ1) is 11.5.